The number of likely N-dealkylation sites (tertiary alicyclic amines) is 1. The van der Waals surface area contributed by atoms with Crippen molar-refractivity contribution in [3.8, 4) is 0 Å². The molecule has 0 saturated carbocycles. The van der Waals surface area contributed by atoms with Crippen molar-refractivity contribution in [2.24, 2.45) is 5.92 Å². The molecule has 0 N–H and O–H groups in total. The van der Waals surface area contributed by atoms with Gasteiger partial charge in [0.15, 0.2) is 11.6 Å². The molecule has 7 nitrogen and oxygen atoms in total. The molecule has 2 aromatic carbocycles. The molecule has 2 aliphatic rings. The molecule has 1 aromatic heterocycles. The lowest BCUT2D eigenvalue weighted by Gasteiger charge is -2.38. The largest absolute Gasteiger partial charge is 0.355 e. The highest BCUT2D eigenvalue weighted by Gasteiger charge is 2.36. The van der Waals surface area contributed by atoms with E-state index in [1.165, 1.54) is 0 Å². The number of piperidine rings is 1. The van der Waals surface area contributed by atoms with E-state index in [0.717, 1.165) is 23.9 Å². The molecule has 1 unspecified atom stereocenters. The second-order valence-corrected chi connectivity index (χ2v) is 9.30. The Balaban J connectivity index is 1.39. The number of carbonyl (C=O) groups is 2. The number of anilines is 2. The van der Waals surface area contributed by atoms with Gasteiger partial charge in [0.2, 0.25) is 5.91 Å². The predicted octanol–water partition coefficient (Wildman–Crippen LogP) is 4.27. The van der Waals surface area contributed by atoms with Crippen LogP contribution in [-0.4, -0.2) is 59.9 Å². The normalized spacial score (nSPS) is 18.4. The van der Waals surface area contributed by atoms with Gasteiger partial charge < -0.3 is 9.80 Å². The second-order valence-electron chi connectivity index (χ2n) is 8.49. The average Bonchev–Trinajstić information content (AvgIpc) is 2.84. The highest BCUT2D eigenvalue weighted by Crippen LogP contribution is 2.33. The van der Waals surface area contributed by atoms with Crippen LogP contribution in [0.1, 0.15) is 23.2 Å². The molecule has 0 aliphatic carbocycles. The Kier molecular flexibility index (Phi) is 5.85. The van der Waals surface area contributed by atoms with Gasteiger partial charge in [-0.15, -0.1) is 0 Å². The third kappa shape index (κ3) is 4.11. The van der Waals surface area contributed by atoms with Crippen LogP contribution >= 0.6 is 23.2 Å². The molecule has 2 aliphatic heterocycles. The molecule has 0 radical (unpaired) electrons. The Morgan fingerprint density at radius 1 is 0.939 bits per heavy atom. The first-order chi connectivity index (χ1) is 15.9. The fraction of sp³-hybridized carbons (Fsp3) is 0.333. The van der Waals surface area contributed by atoms with E-state index >= 15 is 0 Å². The minimum absolute atomic E-state index is 0.0134. The Hall–Kier alpha value is -2.90. The molecular weight excluding hydrogens is 461 g/mol. The number of fused-ring (bicyclic) bond motifs is 2. The molecule has 2 amide bonds. The molecule has 5 rings (SSSR count). The van der Waals surface area contributed by atoms with Crippen molar-refractivity contribution >= 4 is 57.7 Å². The number of aromatic nitrogens is 2. The topological polar surface area (TPSA) is 69.6 Å². The van der Waals surface area contributed by atoms with E-state index in [2.05, 4.69) is 0 Å². The first-order valence-corrected chi connectivity index (χ1v) is 11.7. The summed E-state index contributed by atoms with van der Waals surface area (Å²) in [6, 6.07) is 12.5. The van der Waals surface area contributed by atoms with E-state index in [9.17, 15) is 9.59 Å². The fourth-order valence-electron chi connectivity index (χ4n) is 4.49. The average molecular weight is 484 g/mol. The first-order valence-electron chi connectivity index (χ1n) is 11.0. The van der Waals surface area contributed by atoms with E-state index in [4.69, 9.17) is 33.2 Å². The van der Waals surface area contributed by atoms with Crippen molar-refractivity contribution in [1.82, 2.24) is 14.9 Å². The van der Waals surface area contributed by atoms with Crippen molar-refractivity contribution in [1.29, 1.82) is 0 Å². The van der Waals surface area contributed by atoms with Crippen molar-refractivity contribution in [2.75, 3.05) is 43.0 Å². The molecule has 1 saturated heterocycles. The van der Waals surface area contributed by atoms with Gasteiger partial charge in [0.05, 0.1) is 27.0 Å². The Labute approximate surface area is 201 Å². The summed E-state index contributed by atoms with van der Waals surface area (Å²) in [4.78, 5) is 41.7. The maximum absolute atomic E-state index is 13.6. The zero-order chi connectivity index (χ0) is 23.1. The van der Waals surface area contributed by atoms with Gasteiger partial charge in [-0.05, 0) is 43.2 Å². The lowest BCUT2D eigenvalue weighted by Crippen LogP contribution is -2.50. The molecular formula is C24H23Cl2N5O2. The van der Waals surface area contributed by atoms with Crippen LogP contribution in [0.5, 0.6) is 0 Å². The van der Waals surface area contributed by atoms with Crippen LogP contribution in [0.15, 0.2) is 42.5 Å². The predicted molar refractivity (Wildman–Crippen MR) is 130 cm³/mol. The number of amides is 2. The molecule has 1 atom stereocenters. The number of benzene rings is 2. The summed E-state index contributed by atoms with van der Waals surface area (Å²) in [5, 5.41) is 0.745. The van der Waals surface area contributed by atoms with Crippen molar-refractivity contribution in [3.63, 3.8) is 0 Å². The van der Waals surface area contributed by atoms with Crippen LogP contribution in [0.25, 0.3) is 11.0 Å². The highest BCUT2D eigenvalue weighted by molar-refractivity contribution is 6.42. The van der Waals surface area contributed by atoms with Gasteiger partial charge in [-0.2, -0.15) is 0 Å². The van der Waals surface area contributed by atoms with Crippen LogP contribution in [-0.2, 0) is 4.79 Å². The third-order valence-electron chi connectivity index (χ3n) is 6.30. The van der Waals surface area contributed by atoms with Gasteiger partial charge in [0.25, 0.3) is 5.91 Å². The van der Waals surface area contributed by atoms with Crippen LogP contribution in [0.3, 0.4) is 0 Å². The monoisotopic (exact) mass is 483 g/mol. The summed E-state index contributed by atoms with van der Waals surface area (Å²) in [6.45, 7) is 2.17. The number of carbonyl (C=O) groups excluding carboxylic acids is 2. The summed E-state index contributed by atoms with van der Waals surface area (Å²) >= 11 is 12.1. The maximum atomic E-state index is 13.6. The lowest BCUT2D eigenvalue weighted by molar-refractivity contribution is -0.123. The van der Waals surface area contributed by atoms with E-state index < -0.39 is 0 Å². The summed E-state index contributed by atoms with van der Waals surface area (Å²) < 4.78 is 0. The van der Waals surface area contributed by atoms with Crippen LogP contribution < -0.4 is 9.80 Å². The Morgan fingerprint density at radius 3 is 2.39 bits per heavy atom. The van der Waals surface area contributed by atoms with Gasteiger partial charge in [-0.3, -0.25) is 14.5 Å². The van der Waals surface area contributed by atoms with Gasteiger partial charge in [0.1, 0.15) is 0 Å². The molecule has 170 valence electrons. The molecule has 1 fully saturated rings. The van der Waals surface area contributed by atoms with Crippen LogP contribution in [0.4, 0.5) is 11.6 Å². The fourth-order valence-corrected chi connectivity index (χ4v) is 4.79. The first kappa shape index (κ1) is 21.9. The van der Waals surface area contributed by atoms with Crippen molar-refractivity contribution in [2.45, 2.75) is 12.8 Å². The van der Waals surface area contributed by atoms with Gasteiger partial charge in [-0.1, -0.05) is 35.3 Å². The second kappa shape index (κ2) is 8.80. The highest BCUT2D eigenvalue weighted by atomic mass is 35.5. The maximum Gasteiger partial charge on any atom is 0.253 e. The molecule has 0 spiro atoms. The van der Waals surface area contributed by atoms with Crippen LogP contribution in [0, 0.1) is 5.92 Å². The smallest absolute Gasteiger partial charge is 0.253 e. The minimum atomic E-state index is -0.296. The Morgan fingerprint density at radius 2 is 1.67 bits per heavy atom. The summed E-state index contributed by atoms with van der Waals surface area (Å²) in [6.07, 6.45) is 1.49. The Bertz CT molecular complexity index is 1250. The summed E-state index contributed by atoms with van der Waals surface area (Å²) in [5.41, 5.74) is 2.03. The summed E-state index contributed by atoms with van der Waals surface area (Å²) in [7, 11) is 1.96. The number of halogens is 2. The zero-order valence-corrected chi connectivity index (χ0v) is 19.7. The lowest BCUT2D eigenvalue weighted by atomic mass is 9.95. The molecule has 0 bridgehead atoms. The molecule has 33 heavy (non-hydrogen) atoms. The van der Waals surface area contributed by atoms with E-state index in [1.807, 2.05) is 36.2 Å². The molecule has 3 aromatic rings. The number of para-hydroxylation sites is 2. The number of rotatable bonds is 2. The third-order valence-corrected chi connectivity index (χ3v) is 7.04. The zero-order valence-electron chi connectivity index (χ0n) is 18.2. The summed E-state index contributed by atoms with van der Waals surface area (Å²) in [5.74, 6) is 0.833. The van der Waals surface area contributed by atoms with Gasteiger partial charge >= 0.3 is 0 Å². The van der Waals surface area contributed by atoms with Crippen LogP contribution in [0.2, 0.25) is 10.0 Å². The van der Waals surface area contributed by atoms with E-state index in [1.54, 1.807) is 28.0 Å². The van der Waals surface area contributed by atoms with E-state index in [-0.39, 0.29) is 17.7 Å². The van der Waals surface area contributed by atoms with E-state index in [0.29, 0.717) is 53.4 Å². The van der Waals surface area contributed by atoms with Crippen molar-refractivity contribution in [3.05, 3.63) is 58.1 Å². The quantitative estimate of drug-likeness (QED) is 0.544. The SMILES string of the molecule is CN1CCN(C(=O)C2CCCN(C(=O)c3ccc(Cl)c(Cl)c3)C2)c2nc3ccccc3nc21. The van der Waals surface area contributed by atoms with Gasteiger partial charge in [0, 0.05) is 38.8 Å². The minimum Gasteiger partial charge on any atom is -0.355 e. The molecule has 9 heteroatoms. The van der Waals surface area contributed by atoms with Gasteiger partial charge in [-0.25, -0.2) is 9.97 Å². The van der Waals surface area contributed by atoms with Crippen molar-refractivity contribution < 1.29 is 9.59 Å². The number of hydrogen-bond donors (Lipinski definition) is 0. The molecule has 3 heterocycles. The number of likely N-dealkylation sites (N-methyl/N-ethyl adjacent to an activating group) is 1. The number of hydrogen-bond acceptors (Lipinski definition) is 5. The standard InChI is InChI=1S/C24H23Cl2N5O2/c1-29-11-12-31(22-21(29)27-19-6-2-3-7-20(19)28-22)24(33)16-5-4-10-30(14-16)23(32)15-8-9-17(25)18(26)13-15/h2-3,6-9,13,16H,4-5,10-12,14H2,1H3. The number of nitrogens with zero attached hydrogens (tertiary/aromatic N) is 5.